The van der Waals surface area contributed by atoms with Crippen LogP contribution in [0.15, 0.2) is 6.20 Å². The van der Waals surface area contributed by atoms with Crippen molar-refractivity contribution in [2.24, 2.45) is 5.92 Å². The fraction of sp³-hybridized carbons (Fsp3) is 0.786. The van der Waals surface area contributed by atoms with Gasteiger partial charge >= 0.3 is 0 Å². The average Bonchev–Trinajstić information content (AvgIpc) is 2.95. The van der Waals surface area contributed by atoms with Crippen LogP contribution >= 0.6 is 11.3 Å². The zero-order valence-corrected chi connectivity index (χ0v) is 11.9. The molecule has 2 N–H and O–H groups in total. The lowest BCUT2D eigenvalue weighted by Gasteiger charge is -2.24. The van der Waals surface area contributed by atoms with Crippen molar-refractivity contribution in [1.82, 2.24) is 15.6 Å². The van der Waals surface area contributed by atoms with Crippen molar-refractivity contribution in [3.8, 4) is 0 Å². The molecule has 0 spiro atoms. The number of nitrogens with zero attached hydrogens (tertiary/aromatic N) is 1. The molecule has 1 aromatic rings. The highest BCUT2D eigenvalue weighted by Crippen LogP contribution is 2.32. The Morgan fingerprint density at radius 1 is 1.44 bits per heavy atom. The Balaban J connectivity index is 1.41. The van der Waals surface area contributed by atoms with Gasteiger partial charge in [-0.05, 0) is 32.1 Å². The quantitative estimate of drug-likeness (QED) is 0.878. The van der Waals surface area contributed by atoms with Gasteiger partial charge in [-0.25, -0.2) is 4.98 Å². The minimum atomic E-state index is 0.687. The highest BCUT2D eigenvalue weighted by molar-refractivity contribution is 7.11. The number of hydrogen-bond acceptors (Lipinski definition) is 4. The maximum atomic E-state index is 4.29. The summed E-state index contributed by atoms with van der Waals surface area (Å²) >= 11 is 1.80. The average molecular weight is 265 g/mol. The van der Waals surface area contributed by atoms with E-state index in [1.54, 1.807) is 11.3 Å². The Bertz CT molecular complexity index is 376. The number of aryl methyl sites for hydroxylation is 1. The minimum absolute atomic E-state index is 0.687. The van der Waals surface area contributed by atoms with Crippen molar-refractivity contribution >= 4 is 11.3 Å². The van der Waals surface area contributed by atoms with Gasteiger partial charge in [0.25, 0.3) is 0 Å². The summed E-state index contributed by atoms with van der Waals surface area (Å²) in [5.41, 5.74) is 0. The molecule has 0 aromatic carbocycles. The van der Waals surface area contributed by atoms with E-state index in [9.17, 15) is 0 Å². The number of hydrogen-bond donors (Lipinski definition) is 2. The fourth-order valence-electron chi connectivity index (χ4n) is 3.44. The summed E-state index contributed by atoms with van der Waals surface area (Å²) in [6.45, 7) is 4.14. The van der Waals surface area contributed by atoms with Crippen LogP contribution in [0.5, 0.6) is 0 Å². The van der Waals surface area contributed by atoms with Crippen molar-refractivity contribution in [3.05, 3.63) is 16.1 Å². The van der Waals surface area contributed by atoms with E-state index in [4.69, 9.17) is 0 Å². The summed E-state index contributed by atoms with van der Waals surface area (Å²) < 4.78 is 0. The molecule has 2 fully saturated rings. The molecule has 2 heterocycles. The molecule has 3 atom stereocenters. The molecule has 0 radical (unpaired) electrons. The highest BCUT2D eigenvalue weighted by Gasteiger charge is 2.34. The smallest absolute Gasteiger partial charge is 0.0897 e. The summed E-state index contributed by atoms with van der Waals surface area (Å²) in [6, 6.07) is 1.50. The fourth-order valence-corrected chi connectivity index (χ4v) is 4.21. The van der Waals surface area contributed by atoms with Crippen LogP contribution in [-0.2, 0) is 6.54 Å². The molecule has 18 heavy (non-hydrogen) atoms. The Kier molecular flexibility index (Phi) is 3.97. The molecular weight excluding hydrogens is 242 g/mol. The van der Waals surface area contributed by atoms with Crippen molar-refractivity contribution in [2.45, 2.75) is 57.7 Å². The second kappa shape index (κ2) is 5.68. The molecule has 2 aliphatic rings. The van der Waals surface area contributed by atoms with E-state index in [-0.39, 0.29) is 0 Å². The number of rotatable bonds is 4. The summed E-state index contributed by atoms with van der Waals surface area (Å²) in [4.78, 5) is 5.64. The van der Waals surface area contributed by atoms with Gasteiger partial charge in [-0.1, -0.05) is 12.8 Å². The predicted octanol–water partition coefficient (Wildman–Crippen LogP) is 2.46. The van der Waals surface area contributed by atoms with Crippen molar-refractivity contribution in [3.63, 3.8) is 0 Å². The molecule has 1 aliphatic carbocycles. The van der Waals surface area contributed by atoms with E-state index >= 15 is 0 Å². The van der Waals surface area contributed by atoms with Crippen LogP contribution in [0, 0.1) is 12.8 Å². The van der Waals surface area contributed by atoms with E-state index in [1.165, 1.54) is 37.0 Å². The summed E-state index contributed by atoms with van der Waals surface area (Å²) in [7, 11) is 0. The van der Waals surface area contributed by atoms with E-state index in [0.29, 0.717) is 6.04 Å². The molecule has 3 unspecified atom stereocenters. The first kappa shape index (κ1) is 12.6. The minimum Gasteiger partial charge on any atom is -0.310 e. The number of nitrogens with one attached hydrogen (secondary N) is 2. The van der Waals surface area contributed by atoms with Gasteiger partial charge in [0.15, 0.2) is 0 Å². The molecule has 0 amide bonds. The number of aromatic nitrogens is 1. The number of fused-ring (bicyclic) bond motifs is 1. The molecule has 1 aliphatic heterocycles. The van der Waals surface area contributed by atoms with Gasteiger partial charge in [0.1, 0.15) is 0 Å². The SMILES string of the molecule is Cc1ncc(CNCC2CC3CCCCC3N2)s1. The van der Waals surface area contributed by atoms with Gasteiger partial charge in [-0.3, -0.25) is 0 Å². The van der Waals surface area contributed by atoms with E-state index in [2.05, 4.69) is 22.5 Å². The molecule has 3 rings (SSSR count). The van der Waals surface area contributed by atoms with Crippen molar-refractivity contribution < 1.29 is 0 Å². The standard InChI is InChI=1S/C14H23N3S/c1-10-16-9-13(18-10)8-15-7-12-6-11-4-2-3-5-14(11)17-12/h9,11-12,14-15,17H,2-8H2,1H3. The zero-order valence-electron chi connectivity index (χ0n) is 11.1. The van der Waals surface area contributed by atoms with Gasteiger partial charge in [0.2, 0.25) is 0 Å². The van der Waals surface area contributed by atoms with Gasteiger partial charge < -0.3 is 10.6 Å². The lowest BCUT2D eigenvalue weighted by molar-refractivity contribution is 0.325. The second-order valence-corrected chi connectivity index (χ2v) is 7.05. The Labute approximate surface area is 113 Å². The van der Waals surface area contributed by atoms with Gasteiger partial charge in [-0.15, -0.1) is 11.3 Å². The predicted molar refractivity (Wildman–Crippen MR) is 75.8 cm³/mol. The topological polar surface area (TPSA) is 37.0 Å². The van der Waals surface area contributed by atoms with Gasteiger partial charge in [0, 0.05) is 36.2 Å². The Hall–Kier alpha value is -0.450. The molecule has 0 bridgehead atoms. The van der Waals surface area contributed by atoms with Crippen molar-refractivity contribution in [2.75, 3.05) is 6.54 Å². The van der Waals surface area contributed by atoms with E-state index in [1.807, 2.05) is 6.20 Å². The van der Waals surface area contributed by atoms with Crippen molar-refractivity contribution in [1.29, 1.82) is 0 Å². The molecule has 3 nitrogen and oxygen atoms in total. The first-order chi connectivity index (χ1) is 8.81. The van der Waals surface area contributed by atoms with E-state index < -0.39 is 0 Å². The molecule has 1 saturated heterocycles. The molecule has 1 aromatic heterocycles. The summed E-state index contributed by atoms with van der Waals surface area (Å²) in [5, 5.41) is 8.55. The maximum absolute atomic E-state index is 4.29. The largest absolute Gasteiger partial charge is 0.310 e. The first-order valence-corrected chi connectivity index (χ1v) is 8.01. The summed E-state index contributed by atoms with van der Waals surface area (Å²) in [5.74, 6) is 0.955. The first-order valence-electron chi connectivity index (χ1n) is 7.19. The van der Waals surface area contributed by atoms with Crippen LogP contribution in [0.25, 0.3) is 0 Å². The third-order valence-corrected chi connectivity index (χ3v) is 5.22. The van der Waals surface area contributed by atoms with Crippen LogP contribution in [0.3, 0.4) is 0 Å². The number of thiazole rings is 1. The van der Waals surface area contributed by atoms with E-state index in [0.717, 1.165) is 30.1 Å². The molecule has 100 valence electrons. The second-order valence-electron chi connectivity index (χ2n) is 5.73. The van der Waals surface area contributed by atoms with Crippen LogP contribution in [-0.4, -0.2) is 23.6 Å². The maximum Gasteiger partial charge on any atom is 0.0897 e. The lowest BCUT2D eigenvalue weighted by atomic mass is 9.85. The van der Waals surface area contributed by atoms with Crippen LogP contribution in [0.1, 0.15) is 42.0 Å². The highest BCUT2D eigenvalue weighted by atomic mass is 32.1. The molecular formula is C14H23N3S. The molecule has 4 heteroatoms. The lowest BCUT2D eigenvalue weighted by Crippen LogP contribution is -2.38. The third kappa shape index (κ3) is 2.92. The van der Waals surface area contributed by atoms with Gasteiger partial charge in [-0.2, -0.15) is 0 Å². The zero-order chi connectivity index (χ0) is 12.4. The third-order valence-electron chi connectivity index (χ3n) is 4.31. The van der Waals surface area contributed by atoms with Gasteiger partial charge in [0.05, 0.1) is 5.01 Å². The Morgan fingerprint density at radius 2 is 2.33 bits per heavy atom. The van der Waals surface area contributed by atoms with Crippen LogP contribution in [0.2, 0.25) is 0 Å². The summed E-state index contributed by atoms with van der Waals surface area (Å²) in [6.07, 6.45) is 9.09. The normalized spacial score (nSPS) is 31.5. The monoisotopic (exact) mass is 265 g/mol. The van der Waals surface area contributed by atoms with Crippen LogP contribution < -0.4 is 10.6 Å². The van der Waals surface area contributed by atoms with Crippen LogP contribution in [0.4, 0.5) is 0 Å². The Morgan fingerprint density at radius 3 is 3.11 bits per heavy atom. The molecule has 1 saturated carbocycles.